The van der Waals surface area contributed by atoms with Gasteiger partial charge in [-0.2, -0.15) is 0 Å². The lowest BCUT2D eigenvalue weighted by molar-refractivity contribution is -0.140. The van der Waals surface area contributed by atoms with Gasteiger partial charge in [-0.05, 0) is 56.2 Å². The number of hydrogen-bond donors (Lipinski definition) is 1. The Morgan fingerprint density at radius 2 is 1.62 bits per heavy atom. The first-order valence-corrected chi connectivity index (χ1v) is 13.3. The summed E-state index contributed by atoms with van der Waals surface area (Å²) >= 11 is 0. The average Bonchev–Trinajstić information content (AvgIpc) is 3.21. The van der Waals surface area contributed by atoms with Crippen molar-refractivity contribution in [1.82, 2.24) is 4.90 Å². The van der Waals surface area contributed by atoms with E-state index in [1.807, 2.05) is 57.2 Å². The van der Waals surface area contributed by atoms with E-state index in [4.69, 9.17) is 18.9 Å². The molecule has 0 saturated carbocycles. The number of ether oxygens (including phenoxy) is 4. The number of methoxy groups -OCH3 is 1. The third-order valence-electron chi connectivity index (χ3n) is 6.60. The molecular weight excluding hydrogens is 510 g/mol. The molecule has 0 aliphatic carbocycles. The van der Waals surface area contributed by atoms with Crippen molar-refractivity contribution in [3.05, 3.63) is 94.6 Å². The van der Waals surface area contributed by atoms with Crippen LogP contribution in [-0.2, 0) is 20.9 Å². The van der Waals surface area contributed by atoms with Gasteiger partial charge < -0.3 is 29.0 Å². The standard InChI is InChI=1S/C32H35NO7/c1-5-38-25-14-15-26(27(19-25)39-6-2)30(34)28-29(33(16-17-37-4)32(36)31(28)35)23-8-7-9-24(18-23)40-20-22-12-10-21(3)11-13-22/h7-15,18-19,29,34H,5-6,16-17,20H2,1-4H3/b30-28+. The summed E-state index contributed by atoms with van der Waals surface area (Å²) in [5, 5.41) is 11.6. The summed E-state index contributed by atoms with van der Waals surface area (Å²) in [6, 6.07) is 19.4. The molecule has 0 bridgehead atoms. The van der Waals surface area contributed by atoms with Gasteiger partial charge in [0.1, 0.15) is 29.6 Å². The van der Waals surface area contributed by atoms with Gasteiger partial charge >= 0.3 is 0 Å². The normalized spacial score (nSPS) is 16.3. The molecule has 40 heavy (non-hydrogen) atoms. The topological polar surface area (TPSA) is 94.5 Å². The summed E-state index contributed by atoms with van der Waals surface area (Å²) in [6.07, 6.45) is 0. The number of aryl methyl sites for hydroxylation is 1. The number of ketones is 1. The molecule has 1 atom stereocenters. The second kappa shape index (κ2) is 13.2. The molecule has 8 heteroatoms. The van der Waals surface area contributed by atoms with Crippen molar-refractivity contribution in [3.63, 3.8) is 0 Å². The van der Waals surface area contributed by atoms with Crippen molar-refractivity contribution in [3.8, 4) is 17.2 Å². The first kappa shape index (κ1) is 28.7. The molecule has 3 aromatic carbocycles. The Morgan fingerprint density at radius 3 is 2.33 bits per heavy atom. The van der Waals surface area contributed by atoms with E-state index in [2.05, 4.69) is 0 Å². The Morgan fingerprint density at radius 1 is 0.900 bits per heavy atom. The van der Waals surface area contributed by atoms with Crippen LogP contribution in [0.15, 0.2) is 72.3 Å². The molecule has 1 saturated heterocycles. The highest BCUT2D eigenvalue weighted by Crippen LogP contribution is 2.42. The molecule has 1 fully saturated rings. The minimum atomic E-state index is -0.848. The van der Waals surface area contributed by atoms with Gasteiger partial charge in [-0.15, -0.1) is 0 Å². The zero-order chi connectivity index (χ0) is 28.6. The van der Waals surface area contributed by atoms with Crippen molar-refractivity contribution in [2.24, 2.45) is 0 Å². The van der Waals surface area contributed by atoms with Gasteiger partial charge in [0.2, 0.25) is 0 Å². The van der Waals surface area contributed by atoms with Crippen LogP contribution in [0.5, 0.6) is 17.2 Å². The molecule has 1 aliphatic rings. The summed E-state index contributed by atoms with van der Waals surface area (Å²) in [7, 11) is 1.53. The number of aliphatic hydroxyl groups is 1. The lowest BCUT2D eigenvalue weighted by atomic mass is 9.94. The van der Waals surface area contributed by atoms with Crippen molar-refractivity contribution in [2.45, 2.75) is 33.4 Å². The van der Waals surface area contributed by atoms with Crippen molar-refractivity contribution < 1.29 is 33.6 Å². The van der Waals surface area contributed by atoms with Crippen molar-refractivity contribution in [1.29, 1.82) is 0 Å². The highest BCUT2D eigenvalue weighted by atomic mass is 16.5. The third kappa shape index (κ3) is 6.29. The molecule has 0 spiro atoms. The number of amides is 1. The molecule has 1 unspecified atom stereocenters. The first-order chi connectivity index (χ1) is 19.4. The van der Waals surface area contributed by atoms with E-state index in [0.717, 1.165) is 11.1 Å². The summed E-state index contributed by atoms with van der Waals surface area (Å²) in [6.45, 7) is 7.26. The van der Waals surface area contributed by atoms with Crippen LogP contribution in [0.4, 0.5) is 0 Å². The van der Waals surface area contributed by atoms with Gasteiger partial charge in [-0.3, -0.25) is 9.59 Å². The van der Waals surface area contributed by atoms with Crippen LogP contribution in [0.2, 0.25) is 0 Å². The van der Waals surface area contributed by atoms with Crippen LogP contribution in [0.25, 0.3) is 5.76 Å². The molecular formula is C32H35NO7. The van der Waals surface area contributed by atoms with E-state index in [9.17, 15) is 14.7 Å². The molecule has 0 aromatic heterocycles. The number of hydrogen-bond acceptors (Lipinski definition) is 7. The highest BCUT2D eigenvalue weighted by Gasteiger charge is 2.46. The van der Waals surface area contributed by atoms with Gasteiger partial charge in [0, 0.05) is 19.7 Å². The molecule has 3 aromatic rings. The second-order valence-electron chi connectivity index (χ2n) is 9.36. The fourth-order valence-electron chi connectivity index (χ4n) is 4.65. The van der Waals surface area contributed by atoms with Crippen LogP contribution < -0.4 is 14.2 Å². The van der Waals surface area contributed by atoms with Gasteiger partial charge in [0.15, 0.2) is 0 Å². The van der Waals surface area contributed by atoms with Crippen LogP contribution >= 0.6 is 0 Å². The number of benzene rings is 3. The van der Waals surface area contributed by atoms with Gasteiger partial charge in [0.25, 0.3) is 11.7 Å². The highest BCUT2D eigenvalue weighted by molar-refractivity contribution is 6.46. The summed E-state index contributed by atoms with van der Waals surface area (Å²) in [4.78, 5) is 28.0. The van der Waals surface area contributed by atoms with Crippen LogP contribution in [0.1, 0.15) is 42.1 Å². The van der Waals surface area contributed by atoms with E-state index in [1.165, 1.54) is 12.0 Å². The van der Waals surface area contributed by atoms with Crippen LogP contribution in [0.3, 0.4) is 0 Å². The quantitative estimate of drug-likeness (QED) is 0.184. The number of nitrogens with zero attached hydrogens (tertiary/aromatic N) is 1. The van der Waals surface area contributed by atoms with E-state index >= 15 is 0 Å². The smallest absolute Gasteiger partial charge is 0.295 e. The largest absolute Gasteiger partial charge is 0.507 e. The number of likely N-dealkylation sites (tertiary alicyclic amines) is 1. The molecule has 1 N–H and O–H groups in total. The summed E-state index contributed by atoms with van der Waals surface area (Å²) in [5.74, 6) is -0.312. The molecule has 1 aliphatic heterocycles. The Bertz CT molecular complexity index is 1380. The minimum Gasteiger partial charge on any atom is -0.507 e. The molecule has 1 amide bonds. The Kier molecular flexibility index (Phi) is 9.45. The first-order valence-electron chi connectivity index (χ1n) is 13.3. The van der Waals surface area contributed by atoms with Gasteiger partial charge in [-0.1, -0.05) is 42.0 Å². The summed E-state index contributed by atoms with van der Waals surface area (Å²) in [5.41, 5.74) is 3.08. The SMILES string of the molecule is CCOc1ccc(/C(O)=C2\C(=O)C(=O)N(CCOC)C2c2cccc(OCc3ccc(C)cc3)c2)c(OCC)c1. The predicted octanol–water partition coefficient (Wildman–Crippen LogP) is 5.44. The number of rotatable bonds is 12. The van der Waals surface area contributed by atoms with Crippen molar-refractivity contribution >= 4 is 17.4 Å². The Balaban J connectivity index is 1.76. The zero-order valence-corrected chi connectivity index (χ0v) is 23.3. The summed E-state index contributed by atoms with van der Waals surface area (Å²) < 4.78 is 22.6. The lowest BCUT2D eigenvalue weighted by Gasteiger charge is -2.25. The lowest BCUT2D eigenvalue weighted by Crippen LogP contribution is -2.32. The molecule has 8 nitrogen and oxygen atoms in total. The zero-order valence-electron chi connectivity index (χ0n) is 23.3. The number of aliphatic hydroxyl groups excluding tert-OH is 1. The fourth-order valence-corrected chi connectivity index (χ4v) is 4.65. The van der Waals surface area contributed by atoms with E-state index in [0.29, 0.717) is 48.2 Å². The average molecular weight is 546 g/mol. The monoisotopic (exact) mass is 545 g/mol. The van der Waals surface area contributed by atoms with E-state index < -0.39 is 17.7 Å². The third-order valence-corrected chi connectivity index (χ3v) is 6.60. The minimum absolute atomic E-state index is 0.0260. The second-order valence-corrected chi connectivity index (χ2v) is 9.36. The Hall–Kier alpha value is -4.30. The fraction of sp³-hybridized carbons (Fsp3) is 0.312. The molecule has 210 valence electrons. The van der Waals surface area contributed by atoms with Gasteiger partial charge in [-0.25, -0.2) is 0 Å². The molecule has 4 rings (SSSR count). The van der Waals surface area contributed by atoms with Crippen molar-refractivity contribution in [2.75, 3.05) is 33.5 Å². The maximum Gasteiger partial charge on any atom is 0.295 e. The Labute approximate surface area is 234 Å². The molecule has 1 heterocycles. The van der Waals surface area contributed by atoms with Gasteiger partial charge in [0.05, 0.1) is 37.0 Å². The number of carbonyl (C=O) groups excluding carboxylic acids is 2. The number of carbonyl (C=O) groups is 2. The predicted molar refractivity (Wildman–Crippen MR) is 152 cm³/mol. The number of Topliss-reactive ketones (excluding diaryl/α,β-unsaturated/α-hetero) is 1. The maximum absolute atomic E-state index is 13.4. The van der Waals surface area contributed by atoms with Crippen LogP contribution in [0, 0.1) is 6.92 Å². The maximum atomic E-state index is 13.4. The van der Waals surface area contributed by atoms with E-state index in [-0.39, 0.29) is 24.5 Å². The van der Waals surface area contributed by atoms with Crippen LogP contribution in [-0.4, -0.2) is 55.2 Å². The van der Waals surface area contributed by atoms with E-state index in [1.54, 1.807) is 30.3 Å². The molecule has 0 radical (unpaired) electrons.